The Morgan fingerprint density at radius 2 is 1.50 bits per heavy atom. The van der Waals surface area contributed by atoms with Gasteiger partial charge >= 0.3 is 0 Å². The van der Waals surface area contributed by atoms with Crippen LogP contribution >= 0.6 is 0 Å². The summed E-state index contributed by atoms with van der Waals surface area (Å²) in [6.45, 7) is 6.80. The molecule has 20 heavy (non-hydrogen) atoms. The van der Waals surface area contributed by atoms with E-state index in [0.717, 1.165) is 0 Å². The van der Waals surface area contributed by atoms with Crippen LogP contribution in [0.25, 0.3) is 21.9 Å². The van der Waals surface area contributed by atoms with E-state index in [4.69, 9.17) is 0 Å². The molecule has 0 unspecified atom stereocenters. The minimum absolute atomic E-state index is 0.114. The number of pyridine rings is 1. The van der Waals surface area contributed by atoms with Crippen LogP contribution < -0.4 is 0 Å². The molecule has 3 rings (SSSR count). The number of nitrogens with zero attached hydrogens (tertiary/aromatic N) is 1. The molecule has 0 saturated carbocycles. The quantitative estimate of drug-likeness (QED) is 0.586. The highest BCUT2D eigenvalue weighted by atomic mass is 14.6. The lowest BCUT2D eigenvalue weighted by Gasteiger charge is -2.24. The van der Waals surface area contributed by atoms with Crippen LogP contribution in [0.1, 0.15) is 26.3 Å². The molecule has 3 aromatic rings. The number of hydrogen-bond acceptors (Lipinski definition) is 1. The second-order valence-corrected chi connectivity index (χ2v) is 6.20. The van der Waals surface area contributed by atoms with Crippen molar-refractivity contribution in [2.24, 2.45) is 0 Å². The van der Waals surface area contributed by atoms with E-state index < -0.39 is 0 Å². The Bertz CT molecular complexity index is 737. The second-order valence-electron chi connectivity index (χ2n) is 6.20. The zero-order valence-corrected chi connectivity index (χ0v) is 12.2. The predicted molar refractivity (Wildman–Crippen MR) is 85.9 cm³/mol. The van der Waals surface area contributed by atoms with Crippen LogP contribution in [0.3, 0.4) is 0 Å². The smallest absolute Gasteiger partial charge is 0.0273 e. The maximum atomic E-state index is 4.14. The molecule has 0 atom stereocenters. The standard InChI is InChI=1S/C19H19N/c1-19(2,3)17-9-8-14-6-4-5-7-16(14)18(17)15-10-12-20-13-11-15/h4-13H,1-3H3. The SMILES string of the molecule is CC(C)(C)c1ccc2ccccc2c1-c1ccncc1. The Labute approximate surface area is 120 Å². The number of fused-ring (bicyclic) bond motifs is 1. The summed E-state index contributed by atoms with van der Waals surface area (Å²) >= 11 is 0. The first-order chi connectivity index (χ1) is 9.57. The number of benzene rings is 2. The molecule has 0 amide bonds. The highest BCUT2D eigenvalue weighted by Gasteiger charge is 2.20. The van der Waals surface area contributed by atoms with Gasteiger partial charge in [-0.15, -0.1) is 0 Å². The first kappa shape index (κ1) is 12.9. The van der Waals surface area contributed by atoms with E-state index in [1.165, 1.54) is 27.5 Å². The zero-order valence-electron chi connectivity index (χ0n) is 12.2. The van der Waals surface area contributed by atoms with Gasteiger partial charge in [0.25, 0.3) is 0 Å². The fraction of sp³-hybridized carbons (Fsp3) is 0.211. The summed E-state index contributed by atoms with van der Waals surface area (Å²) in [6, 6.07) is 17.3. The summed E-state index contributed by atoms with van der Waals surface area (Å²) in [7, 11) is 0. The molecule has 2 aromatic carbocycles. The third-order valence-electron chi connectivity index (χ3n) is 3.71. The lowest BCUT2D eigenvalue weighted by Crippen LogP contribution is -2.13. The van der Waals surface area contributed by atoms with E-state index in [9.17, 15) is 0 Å². The highest BCUT2D eigenvalue weighted by molar-refractivity contribution is 5.98. The molecule has 100 valence electrons. The molecule has 1 heteroatoms. The first-order valence-electron chi connectivity index (χ1n) is 7.00. The molecule has 1 aromatic heterocycles. The minimum Gasteiger partial charge on any atom is -0.265 e. The monoisotopic (exact) mass is 261 g/mol. The third kappa shape index (κ3) is 2.20. The summed E-state index contributed by atoms with van der Waals surface area (Å²) in [6.07, 6.45) is 3.73. The average Bonchev–Trinajstić information content (AvgIpc) is 2.46. The van der Waals surface area contributed by atoms with Gasteiger partial charge in [0, 0.05) is 12.4 Å². The van der Waals surface area contributed by atoms with Crippen molar-refractivity contribution in [2.75, 3.05) is 0 Å². The molecule has 0 spiro atoms. The van der Waals surface area contributed by atoms with E-state index in [1.54, 1.807) is 0 Å². The van der Waals surface area contributed by atoms with Crippen LogP contribution in [0.4, 0.5) is 0 Å². The number of hydrogen-bond donors (Lipinski definition) is 0. The predicted octanol–water partition coefficient (Wildman–Crippen LogP) is 5.20. The molecular formula is C19H19N. The summed E-state index contributed by atoms with van der Waals surface area (Å²) in [5.74, 6) is 0. The Morgan fingerprint density at radius 1 is 0.800 bits per heavy atom. The second kappa shape index (κ2) is 4.75. The topological polar surface area (TPSA) is 12.9 Å². The summed E-state index contributed by atoms with van der Waals surface area (Å²) < 4.78 is 0. The fourth-order valence-electron chi connectivity index (χ4n) is 2.73. The van der Waals surface area contributed by atoms with Gasteiger partial charge in [0.05, 0.1) is 0 Å². The first-order valence-corrected chi connectivity index (χ1v) is 7.00. The Morgan fingerprint density at radius 3 is 2.20 bits per heavy atom. The molecule has 0 aliphatic carbocycles. The molecule has 0 radical (unpaired) electrons. The Hall–Kier alpha value is -2.15. The number of rotatable bonds is 1. The van der Waals surface area contributed by atoms with Gasteiger partial charge in [-0.2, -0.15) is 0 Å². The Balaban J connectivity index is 2.41. The molecule has 0 aliphatic rings. The van der Waals surface area contributed by atoms with Crippen molar-refractivity contribution in [3.8, 4) is 11.1 Å². The van der Waals surface area contributed by atoms with Crippen molar-refractivity contribution >= 4 is 10.8 Å². The van der Waals surface area contributed by atoms with E-state index >= 15 is 0 Å². The van der Waals surface area contributed by atoms with Crippen molar-refractivity contribution < 1.29 is 0 Å². The third-order valence-corrected chi connectivity index (χ3v) is 3.71. The van der Waals surface area contributed by atoms with Gasteiger partial charge in [0.15, 0.2) is 0 Å². The van der Waals surface area contributed by atoms with Gasteiger partial charge in [-0.05, 0) is 45.0 Å². The maximum Gasteiger partial charge on any atom is 0.0273 e. The normalized spacial score (nSPS) is 11.8. The van der Waals surface area contributed by atoms with Crippen LogP contribution in [-0.2, 0) is 5.41 Å². The van der Waals surface area contributed by atoms with E-state index in [1.807, 2.05) is 12.4 Å². The van der Waals surface area contributed by atoms with E-state index in [0.29, 0.717) is 0 Å². The van der Waals surface area contributed by atoms with Crippen LogP contribution in [0, 0.1) is 0 Å². The largest absolute Gasteiger partial charge is 0.265 e. The van der Waals surface area contributed by atoms with Gasteiger partial charge in [0.2, 0.25) is 0 Å². The van der Waals surface area contributed by atoms with Crippen LogP contribution in [0.5, 0.6) is 0 Å². The summed E-state index contributed by atoms with van der Waals surface area (Å²) in [5.41, 5.74) is 4.06. The van der Waals surface area contributed by atoms with Crippen molar-refractivity contribution in [3.05, 3.63) is 66.5 Å². The molecule has 0 fully saturated rings. The molecule has 0 saturated heterocycles. The maximum absolute atomic E-state index is 4.14. The van der Waals surface area contributed by atoms with Crippen molar-refractivity contribution in [2.45, 2.75) is 26.2 Å². The molecular weight excluding hydrogens is 242 g/mol. The van der Waals surface area contributed by atoms with Gasteiger partial charge in [-0.1, -0.05) is 57.2 Å². The van der Waals surface area contributed by atoms with Gasteiger partial charge in [0.1, 0.15) is 0 Å². The molecule has 1 heterocycles. The number of aromatic nitrogens is 1. The fourth-order valence-corrected chi connectivity index (χ4v) is 2.73. The van der Waals surface area contributed by atoms with E-state index in [2.05, 4.69) is 74.3 Å². The Kier molecular flexibility index (Phi) is 3.06. The van der Waals surface area contributed by atoms with E-state index in [-0.39, 0.29) is 5.41 Å². The lowest BCUT2D eigenvalue weighted by atomic mass is 9.80. The molecule has 0 N–H and O–H groups in total. The summed E-state index contributed by atoms with van der Waals surface area (Å²) in [5, 5.41) is 2.60. The van der Waals surface area contributed by atoms with Crippen LogP contribution in [0.2, 0.25) is 0 Å². The average molecular weight is 261 g/mol. The van der Waals surface area contributed by atoms with Crippen molar-refractivity contribution in [3.63, 3.8) is 0 Å². The van der Waals surface area contributed by atoms with Gasteiger partial charge < -0.3 is 0 Å². The van der Waals surface area contributed by atoms with Crippen molar-refractivity contribution in [1.82, 2.24) is 4.98 Å². The lowest BCUT2D eigenvalue weighted by molar-refractivity contribution is 0.593. The van der Waals surface area contributed by atoms with Gasteiger partial charge in [-0.25, -0.2) is 0 Å². The minimum atomic E-state index is 0.114. The molecule has 0 aliphatic heterocycles. The van der Waals surface area contributed by atoms with Gasteiger partial charge in [-0.3, -0.25) is 4.98 Å². The highest BCUT2D eigenvalue weighted by Crippen LogP contribution is 2.38. The molecule has 0 bridgehead atoms. The van der Waals surface area contributed by atoms with Crippen molar-refractivity contribution in [1.29, 1.82) is 0 Å². The summed E-state index contributed by atoms with van der Waals surface area (Å²) in [4.78, 5) is 4.14. The molecule has 1 nitrogen and oxygen atoms in total. The zero-order chi connectivity index (χ0) is 14.2. The van der Waals surface area contributed by atoms with Crippen LogP contribution in [0.15, 0.2) is 60.9 Å². The van der Waals surface area contributed by atoms with Crippen LogP contribution in [-0.4, -0.2) is 4.98 Å².